The van der Waals surface area contributed by atoms with Crippen molar-refractivity contribution in [2.75, 3.05) is 11.1 Å². The van der Waals surface area contributed by atoms with Crippen LogP contribution in [0.4, 0.5) is 5.69 Å². The summed E-state index contributed by atoms with van der Waals surface area (Å²) in [6, 6.07) is 18.1. The van der Waals surface area contributed by atoms with E-state index >= 15 is 0 Å². The van der Waals surface area contributed by atoms with Crippen molar-refractivity contribution in [3.63, 3.8) is 0 Å². The lowest BCUT2D eigenvalue weighted by molar-refractivity contribution is -0.113. The number of hydrogen-bond donors (Lipinski definition) is 1. The van der Waals surface area contributed by atoms with Crippen molar-refractivity contribution in [1.82, 2.24) is 10.2 Å². The van der Waals surface area contributed by atoms with Gasteiger partial charge in [0.05, 0.1) is 11.4 Å². The minimum Gasteiger partial charge on any atom is -0.325 e. The van der Waals surface area contributed by atoms with Gasteiger partial charge < -0.3 is 5.32 Å². The number of carbonyl (C=O) groups is 1. The molecule has 1 amide bonds. The molecule has 1 aromatic heterocycles. The molecule has 0 saturated carbocycles. The van der Waals surface area contributed by atoms with Crippen molar-refractivity contribution in [2.24, 2.45) is 0 Å². The molecule has 0 radical (unpaired) electrons. The number of anilines is 1. The van der Waals surface area contributed by atoms with E-state index < -0.39 is 0 Å². The average Bonchev–Trinajstić information content (AvgIpc) is 2.67. The first-order chi connectivity index (χ1) is 13.0. The van der Waals surface area contributed by atoms with E-state index in [2.05, 4.69) is 54.5 Å². The van der Waals surface area contributed by atoms with Crippen LogP contribution in [0.3, 0.4) is 0 Å². The zero-order valence-corrected chi connectivity index (χ0v) is 16.6. The van der Waals surface area contributed by atoms with Gasteiger partial charge in [0.2, 0.25) is 5.91 Å². The molecule has 27 heavy (non-hydrogen) atoms. The minimum atomic E-state index is -0.0514. The maximum atomic E-state index is 12.1. The van der Waals surface area contributed by atoms with Gasteiger partial charge in [0.1, 0.15) is 5.03 Å². The molecule has 0 aliphatic rings. The van der Waals surface area contributed by atoms with Gasteiger partial charge in [-0.25, -0.2) is 0 Å². The number of aryl methyl sites for hydroxylation is 3. The fraction of sp³-hybridized carbons (Fsp3) is 0.227. The molecule has 5 heteroatoms. The van der Waals surface area contributed by atoms with Gasteiger partial charge in [0.25, 0.3) is 0 Å². The normalized spacial score (nSPS) is 10.6. The summed E-state index contributed by atoms with van der Waals surface area (Å²) >= 11 is 1.38. The van der Waals surface area contributed by atoms with Gasteiger partial charge >= 0.3 is 0 Å². The number of nitrogens with one attached hydrogen (secondary N) is 1. The van der Waals surface area contributed by atoms with Crippen LogP contribution in [-0.2, 0) is 11.2 Å². The lowest BCUT2D eigenvalue weighted by atomic mass is 10.0. The van der Waals surface area contributed by atoms with Crippen LogP contribution in [0, 0.1) is 13.8 Å². The molecule has 0 atom stereocenters. The summed E-state index contributed by atoms with van der Waals surface area (Å²) in [7, 11) is 0. The second-order valence-corrected chi connectivity index (χ2v) is 7.46. The molecule has 0 unspecified atom stereocenters. The third-order valence-electron chi connectivity index (χ3n) is 4.30. The van der Waals surface area contributed by atoms with Crippen molar-refractivity contribution in [3.05, 3.63) is 71.3 Å². The van der Waals surface area contributed by atoms with Crippen LogP contribution >= 0.6 is 11.8 Å². The highest BCUT2D eigenvalue weighted by Crippen LogP contribution is 2.23. The maximum Gasteiger partial charge on any atom is 0.234 e. The molecule has 0 aliphatic carbocycles. The summed E-state index contributed by atoms with van der Waals surface area (Å²) < 4.78 is 0. The smallest absolute Gasteiger partial charge is 0.234 e. The zero-order valence-electron chi connectivity index (χ0n) is 15.8. The molecule has 4 nitrogen and oxygen atoms in total. The summed E-state index contributed by atoms with van der Waals surface area (Å²) in [5.41, 5.74) is 6.40. The lowest BCUT2D eigenvalue weighted by Crippen LogP contribution is -2.14. The van der Waals surface area contributed by atoms with Gasteiger partial charge in [-0.3, -0.25) is 4.79 Å². The van der Waals surface area contributed by atoms with E-state index in [1.54, 1.807) is 0 Å². The summed E-state index contributed by atoms with van der Waals surface area (Å²) in [4.78, 5) is 12.1. The van der Waals surface area contributed by atoms with Crippen molar-refractivity contribution in [1.29, 1.82) is 0 Å². The average molecular weight is 378 g/mol. The Morgan fingerprint density at radius 1 is 1.00 bits per heavy atom. The quantitative estimate of drug-likeness (QED) is 0.611. The highest BCUT2D eigenvalue weighted by atomic mass is 32.2. The van der Waals surface area contributed by atoms with Crippen LogP contribution in [0.5, 0.6) is 0 Å². The standard InChI is InChI=1S/C22H23N3OS/c1-4-17-6-8-18(9-7-17)23-21(26)14-27-22-12-11-20(24-25-22)19-10-5-15(2)13-16(19)3/h5-13H,4,14H2,1-3H3,(H,23,26). The van der Waals surface area contributed by atoms with Gasteiger partial charge in [0.15, 0.2) is 0 Å². The van der Waals surface area contributed by atoms with Crippen LogP contribution in [0.25, 0.3) is 11.3 Å². The Labute approximate surface area is 164 Å². The molecular weight excluding hydrogens is 354 g/mol. The number of hydrogen-bond acceptors (Lipinski definition) is 4. The largest absolute Gasteiger partial charge is 0.325 e. The lowest BCUT2D eigenvalue weighted by Gasteiger charge is -2.07. The predicted molar refractivity (Wildman–Crippen MR) is 112 cm³/mol. The zero-order chi connectivity index (χ0) is 19.2. The topological polar surface area (TPSA) is 54.9 Å². The highest BCUT2D eigenvalue weighted by molar-refractivity contribution is 7.99. The van der Waals surface area contributed by atoms with Gasteiger partial charge in [0, 0.05) is 11.3 Å². The Bertz CT molecular complexity index is 921. The molecule has 1 N–H and O–H groups in total. The highest BCUT2D eigenvalue weighted by Gasteiger charge is 2.08. The van der Waals surface area contributed by atoms with Crippen LogP contribution in [0.15, 0.2) is 59.6 Å². The molecule has 0 aliphatic heterocycles. The van der Waals surface area contributed by atoms with E-state index in [4.69, 9.17) is 0 Å². The van der Waals surface area contributed by atoms with E-state index in [9.17, 15) is 4.79 Å². The Morgan fingerprint density at radius 2 is 1.78 bits per heavy atom. The number of aromatic nitrogens is 2. The summed E-state index contributed by atoms with van der Waals surface area (Å²) in [5.74, 6) is 0.247. The third kappa shape index (κ3) is 5.17. The summed E-state index contributed by atoms with van der Waals surface area (Å²) in [5, 5.41) is 12.2. The Morgan fingerprint density at radius 3 is 2.41 bits per heavy atom. The van der Waals surface area contributed by atoms with Crippen LogP contribution in [0.1, 0.15) is 23.6 Å². The molecule has 1 heterocycles. The number of carbonyl (C=O) groups excluding carboxylic acids is 1. The van der Waals surface area contributed by atoms with Crippen molar-refractivity contribution in [2.45, 2.75) is 32.2 Å². The number of thioether (sulfide) groups is 1. The molecule has 2 aromatic carbocycles. The molecule has 0 saturated heterocycles. The first kappa shape index (κ1) is 19.1. The van der Waals surface area contributed by atoms with Gasteiger partial charge in [-0.2, -0.15) is 0 Å². The predicted octanol–water partition coefficient (Wildman–Crippen LogP) is 5.05. The van der Waals surface area contributed by atoms with E-state index in [0.717, 1.165) is 28.4 Å². The van der Waals surface area contributed by atoms with Crippen molar-refractivity contribution < 1.29 is 4.79 Å². The first-order valence-corrected chi connectivity index (χ1v) is 9.96. The van der Waals surface area contributed by atoms with Crippen LogP contribution in [0.2, 0.25) is 0 Å². The second-order valence-electron chi connectivity index (χ2n) is 6.46. The fourth-order valence-corrected chi connectivity index (χ4v) is 3.42. The molecule has 138 valence electrons. The van der Waals surface area contributed by atoms with E-state index in [0.29, 0.717) is 5.75 Å². The second kappa shape index (κ2) is 8.82. The van der Waals surface area contributed by atoms with Crippen molar-refractivity contribution >= 4 is 23.4 Å². The molecular formula is C22H23N3OS. The Balaban J connectivity index is 1.57. The number of benzene rings is 2. The minimum absolute atomic E-state index is 0.0514. The molecule has 3 aromatic rings. The first-order valence-electron chi connectivity index (χ1n) is 8.98. The van der Waals surface area contributed by atoms with Crippen molar-refractivity contribution in [3.8, 4) is 11.3 Å². The maximum absolute atomic E-state index is 12.1. The van der Waals surface area contributed by atoms with E-state index in [1.807, 2.05) is 36.4 Å². The van der Waals surface area contributed by atoms with Gasteiger partial charge in [-0.15, -0.1) is 10.2 Å². The molecule has 0 bridgehead atoms. The van der Waals surface area contributed by atoms with Crippen LogP contribution in [-0.4, -0.2) is 21.9 Å². The third-order valence-corrected chi connectivity index (χ3v) is 5.22. The summed E-state index contributed by atoms with van der Waals surface area (Å²) in [6.07, 6.45) is 0.987. The fourth-order valence-electron chi connectivity index (χ4n) is 2.80. The summed E-state index contributed by atoms with van der Waals surface area (Å²) in [6.45, 7) is 6.26. The van der Waals surface area contributed by atoms with E-state index in [-0.39, 0.29) is 5.91 Å². The molecule has 0 spiro atoms. The molecule has 3 rings (SSSR count). The van der Waals surface area contributed by atoms with Gasteiger partial charge in [-0.05, 0) is 55.7 Å². The number of nitrogens with zero attached hydrogens (tertiary/aromatic N) is 2. The Kier molecular flexibility index (Phi) is 6.24. The Hall–Kier alpha value is -2.66. The number of rotatable bonds is 6. The van der Waals surface area contributed by atoms with Gasteiger partial charge in [-0.1, -0.05) is 54.6 Å². The van der Waals surface area contributed by atoms with Crippen LogP contribution < -0.4 is 5.32 Å². The number of amides is 1. The monoisotopic (exact) mass is 377 g/mol. The molecule has 0 fully saturated rings. The van der Waals surface area contributed by atoms with E-state index in [1.165, 1.54) is 28.5 Å². The SMILES string of the molecule is CCc1ccc(NC(=O)CSc2ccc(-c3ccc(C)cc3C)nn2)cc1.